The Balaban J connectivity index is 1.71. The van der Waals surface area contributed by atoms with Crippen LogP contribution in [-0.2, 0) is 0 Å². The van der Waals surface area contributed by atoms with Crippen LogP contribution in [0, 0.1) is 0 Å². The molecule has 0 radical (unpaired) electrons. The molecule has 3 aromatic carbocycles. The van der Waals surface area contributed by atoms with Gasteiger partial charge in [-0.1, -0.05) is 60.7 Å². The molecular formula is C21H18N2O. The third-order valence-corrected chi connectivity index (χ3v) is 3.69. The number of nitrogens with one attached hydrogen (secondary N) is 1. The van der Waals surface area contributed by atoms with Gasteiger partial charge in [-0.05, 0) is 41.8 Å². The molecule has 0 saturated carbocycles. The van der Waals surface area contributed by atoms with E-state index < -0.39 is 0 Å². The number of anilines is 1. The van der Waals surface area contributed by atoms with Gasteiger partial charge in [-0.2, -0.15) is 5.10 Å². The predicted octanol–water partition coefficient (Wildman–Crippen LogP) is 5.00. The van der Waals surface area contributed by atoms with Gasteiger partial charge in [-0.3, -0.25) is 10.2 Å². The van der Waals surface area contributed by atoms with Gasteiger partial charge in [0.25, 0.3) is 0 Å². The minimum absolute atomic E-state index is 0.0765. The number of carbonyl (C=O) groups is 1. The number of ketones is 1. The molecule has 3 rings (SSSR count). The van der Waals surface area contributed by atoms with Gasteiger partial charge in [-0.25, -0.2) is 0 Å². The first-order valence-electron chi connectivity index (χ1n) is 7.78. The highest BCUT2D eigenvalue weighted by atomic mass is 16.1. The van der Waals surface area contributed by atoms with E-state index >= 15 is 0 Å². The summed E-state index contributed by atoms with van der Waals surface area (Å²) in [6.45, 7) is 1.58. The third-order valence-electron chi connectivity index (χ3n) is 3.69. The number of hydrogen-bond acceptors (Lipinski definition) is 3. The van der Waals surface area contributed by atoms with Crippen molar-refractivity contribution in [2.45, 2.75) is 6.92 Å². The Kier molecular flexibility index (Phi) is 4.82. The van der Waals surface area contributed by atoms with Crippen LogP contribution in [0.25, 0.3) is 11.1 Å². The van der Waals surface area contributed by atoms with Crippen LogP contribution < -0.4 is 5.43 Å². The van der Waals surface area contributed by atoms with E-state index in [1.807, 2.05) is 78.9 Å². The van der Waals surface area contributed by atoms with Gasteiger partial charge in [0.2, 0.25) is 0 Å². The van der Waals surface area contributed by atoms with Crippen LogP contribution in [0.5, 0.6) is 0 Å². The fourth-order valence-corrected chi connectivity index (χ4v) is 2.37. The van der Waals surface area contributed by atoms with E-state index in [9.17, 15) is 4.79 Å². The highest BCUT2D eigenvalue weighted by Gasteiger charge is 2.02. The third kappa shape index (κ3) is 3.96. The Labute approximate surface area is 141 Å². The molecule has 0 saturated heterocycles. The second-order valence-corrected chi connectivity index (χ2v) is 5.50. The summed E-state index contributed by atoms with van der Waals surface area (Å²) < 4.78 is 0. The molecule has 0 bridgehead atoms. The first-order valence-corrected chi connectivity index (χ1v) is 7.78. The molecule has 0 heterocycles. The SMILES string of the molecule is CC(=O)c1cccc(-c2ccc(C=NNc3ccccc3)cc2)c1. The van der Waals surface area contributed by atoms with Crippen molar-refractivity contribution >= 4 is 17.7 Å². The number of para-hydroxylation sites is 1. The Morgan fingerprint density at radius 2 is 1.62 bits per heavy atom. The molecule has 0 atom stereocenters. The van der Waals surface area contributed by atoms with E-state index in [0.717, 1.165) is 27.9 Å². The molecule has 1 N–H and O–H groups in total. The Hall–Kier alpha value is -3.20. The molecule has 0 aliphatic carbocycles. The standard InChI is InChI=1S/C21H18N2O/c1-16(24)19-6-5-7-20(14-19)18-12-10-17(11-13-18)15-22-23-21-8-3-2-4-9-21/h2-15,23H,1H3. The van der Waals surface area contributed by atoms with Crippen molar-refractivity contribution in [3.8, 4) is 11.1 Å². The zero-order valence-corrected chi connectivity index (χ0v) is 13.4. The predicted molar refractivity (Wildman–Crippen MR) is 99.5 cm³/mol. The number of carbonyl (C=O) groups excluding carboxylic acids is 1. The molecule has 3 nitrogen and oxygen atoms in total. The van der Waals surface area contributed by atoms with Gasteiger partial charge in [0, 0.05) is 5.56 Å². The largest absolute Gasteiger partial charge is 0.295 e. The first kappa shape index (κ1) is 15.7. The van der Waals surface area contributed by atoms with Crippen LogP contribution in [0.3, 0.4) is 0 Å². The Morgan fingerprint density at radius 1 is 0.875 bits per heavy atom. The number of benzene rings is 3. The van der Waals surface area contributed by atoms with Gasteiger partial charge in [0.1, 0.15) is 0 Å². The van der Waals surface area contributed by atoms with E-state index in [0.29, 0.717) is 0 Å². The molecule has 0 unspecified atom stereocenters. The van der Waals surface area contributed by atoms with Crippen molar-refractivity contribution in [3.63, 3.8) is 0 Å². The topological polar surface area (TPSA) is 41.5 Å². The van der Waals surface area contributed by atoms with Crippen molar-refractivity contribution in [1.82, 2.24) is 0 Å². The highest BCUT2D eigenvalue weighted by molar-refractivity contribution is 5.95. The fraction of sp³-hybridized carbons (Fsp3) is 0.0476. The molecule has 118 valence electrons. The van der Waals surface area contributed by atoms with Gasteiger partial charge in [-0.15, -0.1) is 0 Å². The summed E-state index contributed by atoms with van der Waals surface area (Å²) in [4.78, 5) is 11.5. The van der Waals surface area contributed by atoms with Crippen LogP contribution in [0.15, 0.2) is 84.0 Å². The summed E-state index contributed by atoms with van der Waals surface area (Å²) in [6, 6.07) is 25.6. The van der Waals surface area contributed by atoms with E-state index in [1.54, 1.807) is 13.1 Å². The average molecular weight is 314 g/mol. The Bertz CT molecular complexity index is 853. The van der Waals surface area contributed by atoms with Crippen LogP contribution >= 0.6 is 0 Å². The van der Waals surface area contributed by atoms with E-state index in [2.05, 4.69) is 10.5 Å². The highest BCUT2D eigenvalue weighted by Crippen LogP contribution is 2.21. The number of Topliss-reactive ketones (excluding diaryl/α,β-unsaturated/α-hetero) is 1. The number of hydrogen-bond donors (Lipinski definition) is 1. The molecule has 0 spiro atoms. The lowest BCUT2D eigenvalue weighted by atomic mass is 10.0. The van der Waals surface area contributed by atoms with Gasteiger partial charge in [0.15, 0.2) is 5.78 Å². The van der Waals surface area contributed by atoms with Crippen LogP contribution in [-0.4, -0.2) is 12.0 Å². The summed E-state index contributed by atoms with van der Waals surface area (Å²) in [7, 11) is 0. The van der Waals surface area contributed by atoms with Crippen molar-refractivity contribution in [2.75, 3.05) is 5.43 Å². The molecule has 0 aliphatic rings. The second-order valence-electron chi connectivity index (χ2n) is 5.50. The van der Waals surface area contributed by atoms with Gasteiger partial charge >= 0.3 is 0 Å². The molecule has 3 aromatic rings. The summed E-state index contributed by atoms with van der Waals surface area (Å²) in [5.41, 5.74) is 7.78. The first-order chi connectivity index (χ1) is 11.7. The monoisotopic (exact) mass is 314 g/mol. The van der Waals surface area contributed by atoms with Crippen LogP contribution in [0.4, 0.5) is 5.69 Å². The molecule has 0 aliphatic heterocycles. The molecule has 0 fully saturated rings. The van der Waals surface area contributed by atoms with E-state index in [-0.39, 0.29) is 5.78 Å². The number of rotatable bonds is 5. The summed E-state index contributed by atoms with van der Waals surface area (Å²) in [5.74, 6) is 0.0765. The number of hydrazone groups is 1. The lowest BCUT2D eigenvalue weighted by molar-refractivity contribution is 0.101. The van der Waals surface area contributed by atoms with Gasteiger partial charge < -0.3 is 0 Å². The van der Waals surface area contributed by atoms with Crippen molar-refractivity contribution in [2.24, 2.45) is 5.10 Å². The van der Waals surface area contributed by atoms with Crippen LogP contribution in [0.2, 0.25) is 0 Å². The lowest BCUT2D eigenvalue weighted by Crippen LogP contribution is -1.92. The molecular weight excluding hydrogens is 296 g/mol. The van der Waals surface area contributed by atoms with E-state index in [4.69, 9.17) is 0 Å². The minimum atomic E-state index is 0.0765. The van der Waals surface area contributed by atoms with Gasteiger partial charge in [0.05, 0.1) is 11.9 Å². The fourth-order valence-electron chi connectivity index (χ4n) is 2.37. The molecule has 0 aromatic heterocycles. The zero-order valence-electron chi connectivity index (χ0n) is 13.4. The molecule has 24 heavy (non-hydrogen) atoms. The quantitative estimate of drug-likeness (QED) is 0.409. The average Bonchev–Trinajstić information content (AvgIpc) is 2.63. The molecule has 0 amide bonds. The summed E-state index contributed by atoms with van der Waals surface area (Å²) in [5, 5.41) is 4.23. The van der Waals surface area contributed by atoms with Crippen molar-refractivity contribution in [3.05, 3.63) is 90.0 Å². The second kappa shape index (κ2) is 7.38. The zero-order chi connectivity index (χ0) is 16.8. The van der Waals surface area contributed by atoms with Crippen LogP contribution in [0.1, 0.15) is 22.8 Å². The van der Waals surface area contributed by atoms with Crippen molar-refractivity contribution in [1.29, 1.82) is 0 Å². The Morgan fingerprint density at radius 3 is 2.33 bits per heavy atom. The van der Waals surface area contributed by atoms with E-state index in [1.165, 1.54) is 0 Å². The normalized spacial score (nSPS) is 10.7. The maximum Gasteiger partial charge on any atom is 0.159 e. The lowest BCUT2D eigenvalue weighted by Gasteiger charge is -2.04. The summed E-state index contributed by atoms with van der Waals surface area (Å²) >= 11 is 0. The smallest absolute Gasteiger partial charge is 0.159 e. The van der Waals surface area contributed by atoms with Crippen molar-refractivity contribution < 1.29 is 4.79 Å². The minimum Gasteiger partial charge on any atom is -0.295 e. The molecule has 3 heteroatoms. The maximum absolute atomic E-state index is 11.5. The maximum atomic E-state index is 11.5. The summed E-state index contributed by atoms with van der Waals surface area (Å²) in [6.07, 6.45) is 1.78. The number of nitrogens with zero attached hydrogens (tertiary/aromatic N) is 1.